The van der Waals surface area contributed by atoms with Crippen LogP contribution < -0.4 is 11.1 Å². The van der Waals surface area contributed by atoms with E-state index in [9.17, 15) is 9.50 Å². The zero-order valence-corrected chi connectivity index (χ0v) is 9.15. The number of anilines is 2. The summed E-state index contributed by atoms with van der Waals surface area (Å²) < 4.78 is 12.9. The van der Waals surface area contributed by atoms with Crippen LogP contribution in [0.25, 0.3) is 0 Å². The monoisotopic (exact) mass is 232 g/mol. The van der Waals surface area contributed by atoms with E-state index >= 15 is 0 Å². The fourth-order valence-electron chi connectivity index (χ4n) is 1.52. The summed E-state index contributed by atoms with van der Waals surface area (Å²) in [5.41, 5.74) is 7.29. The molecule has 0 aromatic heterocycles. The van der Waals surface area contributed by atoms with Gasteiger partial charge in [-0.05, 0) is 29.8 Å². The van der Waals surface area contributed by atoms with Crippen molar-refractivity contribution in [3.8, 4) is 5.75 Å². The zero-order valence-electron chi connectivity index (χ0n) is 9.15. The summed E-state index contributed by atoms with van der Waals surface area (Å²) in [5.74, 6) is -0.209. The van der Waals surface area contributed by atoms with Gasteiger partial charge in [0.05, 0.1) is 5.69 Å². The molecule has 3 nitrogen and oxygen atoms in total. The van der Waals surface area contributed by atoms with Crippen molar-refractivity contribution in [2.24, 2.45) is 0 Å². The van der Waals surface area contributed by atoms with Crippen molar-refractivity contribution in [1.29, 1.82) is 0 Å². The van der Waals surface area contributed by atoms with Crippen molar-refractivity contribution >= 4 is 11.4 Å². The third-order valence-corrected chi connectivity index (χ3v) is 2.40. The van der Waals surface area contributed by atoms with Crippen molar-refractivity contribution in [2.75, 3.05) is 11.1 Å². The SMILES string of the molecule is Nc1cc(CNc2cccc(O)c2)ccc1F. The molecular weight excluding hydrogens is 219 g/mol. The number of phenolic OH excluding ortho intramolecular Hbond substituents is 1. The first-order valence-electron chi connectivity index (χ1n) is 5.22. The van der Waals surface area contributed by atoms with Crippen molar-refractivity contribution in [3.05, 3.63) is 53.8 Å². The molecule has 88 valence electrons. The van der Waals surface area contributed by atoms with Crippen LogP contribution in [0.15, 0.2) is 42.5 Å². The molecule has 0 fully saturated rings. The minimum Gasteiger partial charge on any atom is -0.508 e. The summed E-state index contributed by atoms with van der Waals surface area (Å²) in [5, 5.41) is 12.4. The van der Waals surface area contributed by atoms with Crippen LogP contribution in [0.3, 0.4) is 0 Å². The smallest absolute Gasteiger partial charge is 0.146 e. The number of aromatic hydroxyl groups is 1. The van der Waals surface area contributed by atoms with E-state index in [1.54, 1.807) is 30.3 Å². The molecule has 0 bridgehead atoms. The number of hydrogen-bond donors (Lipinski definition) is 3. The molecule has 0 spiro atoms. The third kappa shape index (κ3) is 2.87. The standard InChI is InChI=1S/C13H13FN2O/c14-12-5-4-9(6-13(12)15)8-16-10-2-1-3-11(17)7-10/h1-7,16-17H,8,15H2. The Morgan fingerprint density at radius 2 is 2.00 bits per heavy atom. The molecule has 0 saturated carbocycles. The van der Waals surface area contributed by atoms with E-state index in [4.69, 9.17) is 5.73 Å². The largest absolute Gasteiger partial charge is 0.508 e. The summed E-state index contributed by atoms with van der Waals surface area (Å²) in [6.07, 6.45) is 0. The first kappa shape index (κ1) is 11.3. The van der Waals surface area contributed by atoms with Gasteiger partial charge < -0.3 is 16.2 Å². The van der Waals surface area contributed by atoms with Gasteiger partial charge in [0.1, 0.15) is 11.6 Å². The third-order valence-electron chi connectivity index (χ3n) is 2.40. The highest BCUT2D eigenvalue weighted by Crippen LogP contribution is 2.17. The Balaban J connectivity index is 2.05. The predicted molar refractivity (Wildman–Crippen MR) is 66.2 cm³/mol. The maximum atomic E-state index is 12.9. The topological polar surface area (TPSA) is 58.3 Å². The molecule has 2 aromatic carbocycles. The molecule has 0 aliphatic heterocycles. The summed E-state index contributed by atoms with van der Waals surface area (Å²) in [7, 11) is 0. The van der Waals surface area contributed by atoms with Gasteiger partial charge in [-0.25, -0.2) is 4.39 Å². The highest BCUT2D eigenvalue weighted by atomic mass is 19.1. The van der Waals surface area contributed by atoms with Gasteiger partial charge in [0.25, 0.3) is 0 Å². The molecule has 0 aliphatic carbocycles. The molecule has 0 heterocycles. The second-order valence-electron chi connectivity index (χ2n) is 3.76. The fourth-order valence-corrected chi connectivity index (χ4v) is 1.52. The Morgan fingerprint density at radius 1 is 1.18 bits per heavy atom. The van der Waals surface area contributed by atoms with Gasteiger partial charge in [-0.1, -0.05) is 12.1 Å². The molecular formula is C13H13FN2O. The molecule has 0 aliphatic rings. The molecule has 4 N–H and O–H groups in total. The minimum absolute atomic E-state index is 0.139. The maximum absolute atomic E-state index is 12.9. The van der Waals surface area contributed by atoms with E-state index in [1.807, 2.05) is 6.07 Å². The van der Waals surface area contributed by atoms with E-state index in [1.165, 1.54) is 6.07 Å². The number of nitrogens with one attached hydrogen (secondary N) is 1. The Labute approximate surface area is 98.7 Å². The molecule has 0 amide bonds. The predicted octanol–water partition coefficient (Wildman–Crippen LogP) is 2.73. The summed E-state index contributed by atoms with van der Waals surface area (Å²) in [6, 6.07) is 11.4. The van der Waals surface area contributed by atoms with Crippen molar-refractivity contribution in [3.63, 3.8) is 0 Å². The van der Waals surface area contributed by atoms with Crippen molar-refractivity contribution in [2.45, 2.75) is 6.54 Å². The Kier molecular flexibility index (Phi) is 3.14. The van der Waals surface area contributed by atoms with Crippen LogP contribution in [0.2, 0.25) is 0 Å². The summed E-state index contributed by atoms with van der Waals surface area (Å²) in [4.78, 5) is 0. The van der Waals surface area contributed by atoms with E-state index in [0.717, 1.165) is 11.3 Å². The molecule has 4 heteroatoms. The average Bonchev–Trinajstić information content (AvgIpc) is 2.31. The van der Waals surface area contributed by atoms with Gasteiger partial charge >= 0.3 is 0 Å². The Bertz CT molecular complexity index is 529. The molecule has 0 radical (unpaired) electrons. The lowest BCUT2D eigenvalue weighted by Gasteiger charge is -2.07. The number of halogens is 1. The first-order valence-corrected chi connectivity index (χ1v) is 5.22. The van der Waals surface area contributed by atoms with Gasteiger partial charge in [-0.15, -0.1) is 0 Å². The van der Waals surface area contributed by atoms with Gasteiger partial charge in [0.15, 0.2) is 0 Å². The quantitative estimate of drug-likeness (QED) is 0.713. The van der Waals surface area contributed by atoms with Crippen LogP contribution in [0.4, 0.5) is 15.8 Å². The zero-order chi connectivity index (χ0) is 12.3. The lowest BCUT2D eigenvalue weighted by molar-refractivity contribution is 0.475. The van der Waals surface area contributed by atoms with Crippen molar-refractivity contribution in [1.82, 2.24) is 0 Å². The number of rotatable bonds is 3. The summed E-state index contributed by atoms with van der Waals surface area (Å²) in [6.45, 7) is 0.522. The molecule has 2 aromatic rings. The summed E-state index contributed by atoms with van der Waals surface area (Å²) >= 11 is 0. The number of nitrogen functional groups attached to an aromatic ring is 1. The fraction of sp³-hybridized carbons (Fsp3) is 0.0769. The van der Waals surface area contributed by atoms with Crippen molar-refractivity contribution < 1.29 is 9.50 Å². The van der Waals surface area contributed by atoms with Gasteiger partial charge in [0, 0.05) is 18.3 Å². The number of nitrogens with two attached hydrogens (primary N) is 1. The van der Waals surface area contributed by atoms with E-state index in [2.05, 4.69) is 5.32 Å². The van der Waals surface area contributed by atoms with E-state index in [0.29, 0.717) is 6.54 Å². The Morgan fingerprint density at radius 3 is 2.71 bits per heavy atom. The number of phenols is 1. The Hall–Kier alpha value is -2.23. The van der Waals surface area contributed by atoms with Crippen LogP contribution >= 0.6 is 0 Å². The first-order chi connectivity index (χ1) is 8.15. The van der Waals surface area contributed by atoms with E-state index in [-0.39, 0.29) is 11.4 Å². The number of benzene rings is 2. The highest BCUT2D eigenvalue weighted by Gasteiger charge is 2.00. The van der Waals surface area contributed by atoms with E-state index < -0.39 is 5.82 Å². The lowest BCUT2D eigenvalue weighted by atomic mass is 10.2. The van der Waals surface area contributed by atoms with Crippen LogP contribution in [-0.2, 0) is 6.54 Å². The minimum atomic E-state index is -0.411. The molecule has 17 heavy (non-hydrogen) atoms. The molecule has 0 atom stereocenters. The highest BCUT2D eigenvalue weighted by molar-refractivity contribution is 5.49. The lowest BCUT2D eigenvalue weighted by Crippen LogP contribution is -2.01. The van der Waals surface area contributed by atoms with Gasteiger partial charge in [-0.2, -0.15) is 0 Å². The maximum Gasteiger partial charge on any atom is 0.146 e. The normalized spacial score (nSPS) is 10.2. The molecule has 2 rings (SSSR count). The van der Waals surface area contributed by atoms with Gasteiger partial charge in [0.2, 0.25) is 0 Å². The van der Waals surface area contributed by atoms with Gasteiger partial charge in [-0.3, -0.25) is 0 Å². The average molecular weight is 232 g/mol. The number of hydrogen-bond acceptors (Lipinski definition) is 3. The van der Waals surface area contributed by atoms with Crippen LogP contribution in [0.1, 0.15) is 5.56 Å². The van der Waals surface area contributed by atoms with Crippen LogP contribution in [-0.4, -0.2) is 5.11 Å². The van der Waals surface area contributed by atoms with Crippen LogP contribution in [0.5, 0.6) is 5.75 Å². The second-order valence-corrected chi connectivity index (χ2v) is 3.76. The van der Waals surface area contributed by atoms with Crippen LogP contribution in [0, 0.1) is 5.82 Å². The second kappa shape index (κ2) is 4.74. The molecule has 0 saturated heterocycles. The molecule has 0 unspecified atom stereocenters.